The molecule has 0 aliphatic heterocycles. The maximum atomic E-state index is 13.4. The summed E-state index contributed by atoms with van der Waals surface area (Å²) in [6.07, 6.45) is -2.76. The van der Waals surface area contributed by atoms with E-state index in [1.165, 1.54) is 35.6 Å². The van der Waals surface area contributed by atoms with Crippen molar-refractivity contribution in [2.45, 2.75) is 6.18 Å². The number of hydrogen-bond acceptors (Lipinski definition) is 3. The first-order valence-corrected chi connectivity index (χ1v) is 8.70. The second kappa shape index (κ2) is 6.24. The molecule has 2 aromatic carbocycles. The fourth-order valence-electron chi connectivity index (χ4n) is 2.90. The summed E-state index contributed by atoms with van der Waals surface area (Å²) in [4.78, 5) is 16.1. The highest BCUT2D eigenvalue weighted by Crippen LogP contribution is 2.40. The van der Waals surface area contributed by atoms with Gasteiger partial charge in [0, 0.05) is 22.7 Å². The SMILES string of the molecule is O=C(O)c1ccc(-c2nc(-c3ccccc3C(F)(F)F)c3sccn23)cc1. The number of benzene rings is 2. The largest absolute Gasteiger partial charge is 0.478 e. The molecule has 0 atom stereocenters. The van der Waals surface area contributed by atoms with Gasteiger partial charge in [0.25, 0.3) is 0 Å². The Labute approximate surface area is 155 Å². The van der Waals surface area contributed by atoms with Gasteiger partial charge in [-0.15, -0.1) is 11.3 Å². The third-order valence-corrected chi connectivity index (χ3v) is 5.01. The smallest absolute Gasteiger partial charge is 0.417 e. The van der Waals surface area contributed by atoms with Crippen molar-refractivity contribution in [3.63, 3.8) is 0 Å². The van der Waals surface area contributed by atoms with Crippen molar-refractivity contribution in [3.05, 3.63) is 71.2 Å². The van der Waals surface area contributed by atoms with E-state index < -0.39 is 17.7 Å². The van der Waals surface area contributed by atoms with Gasteiger partial charge >= 0.3 is 12.1 Å². The van der Waals surface area contributed by atoms with Gasteiger partial charge in [-0.05, 0) is 18.2 Å². The van der Waals surface area contributed by atoms with E-state index in [4.69, 9.17) is 5.11 Å². The number of imidazole rings is 1. The van der Waals surface area contributed by atoms with Gasteiger partial charge in [0.15, 0.2) is 0 Å². The Morgan fingerprint density at radius 2 is 1.78 bits per heavy atom. The lowest BCUT2D eigenvalue weighted by molar-refractivity contribution is -0.137. The van der Waals surface area contributed by atoms with Crippen molar-refractivity contribution >= 4 is 22.1 Å². The molecule has 0 fully saturated rings. The first-order chi connectivity index (χ1) is 12.9. The molecule has 8 heteroatoms. The van der Waals surface area contributed by atoms with E-state index in [-0.39, 0.29) is 16.8 Å². The molecule has 27 heavy (non-hydrogen) atoms. The Morgan fingerprint density at radius 3 is 2.44 bits per heavy atom. The van der Waals surface area contributed by atoms with Crippen LogP contribution in [0, 0.1) is 0 Å². The first kappa shape index (κ1) is 17.3. The molecule has 0 amide bonds. The fraction of sp³-hybridized carbons (Fsp3) is 0.0526. The predicted molar refractivity (Wildman–Crippen MR) is 95.9 cm³/mol. The Morgan fingerprint density at radius 1 is 1.07 bits per heavy atom. The molecule has 2 aromatic heterocycles. The Balaban J connectivity index is 1.91. The van der Waals surface area contributed by atoms with Gasteiger partial charge in [0.1, 0.15) is 16.3 Å². The molecule has 0 aliphatic rings. The lowest BCUT2D eigenvalue weighted by atomic mass is 10.0. The topological polar surface area (TPSA) is 54.6 Å². The van der Waals surface area contributed by atoms with Crippen molar-refractivity contribution in [2.24, 2.45) is 0 Å². The highest BCUT2D eigenvalue weighted by Gasteiger charge is 2.34. The van der Waals surface area contributed by atoms with Crippen LogP contribution in [0.5, 0.6) is 0 Å². The normalized spacial score (nSPS) is 11.8. The summed E-state index contributed by atoms with van der Waals surface area (Å²) in [7, 11) is 0. The van der Waals surface area contributed by atoms with E-state index in [0.717, 1.165) is 6.07 Å². The Bertz CT molecular complexity index is 1140. The molecule has 0 saturated carbocycles. The quantitative estimate of drug-likeness (QED) is 0.508. The highest BCUT2D eigenvalue weighted by atomic mass is 32.1. The molecule has 0 spiro atoms. The van der Waals surface area contributed by atoms with E-state index in [9.17, 15) is 18.0 Å². The maximum absolute atomic E-state index is 13.4. The van der Waals surface area contributed by atoms with Crippen LogP contribution in [0.25, 0.3) is 27.5 Å². The van der Waals surface area contributed by atoms with Crippen LogP contribution in [0.4, 0.5) is 13.2 Å². The molecule has 0 aliphatic carbocycles. The van der Waals surface area contributed by atoms with Crippen LogP contribution in [-0.2, 0) is 6.18 Å². The monoisotopic (exact) mass is 388 g/mol. The molecular weight excluding hydrogens is 377 g/mol. The van der Waals surface area contributed by atoms with Gasteiger partial charge in [-0.1, -0.05) is 30.3 Å². The first-order valence-electron chi connectivity index (χ1n) is 7.82. The molecule has 0 unspecified atom stereocenters. The molecule has 0 radical (unpaired) electrons. The van der Waals surface area contributed by atoms with Gasteiger partial charge < -0.3 is 5.11 Å². The zero-order valence-electron chi connectivity index (χ0n) is 13.6. The number of nitrogens with zero attached hydrogens (tertiary/aromatic N) is 2. The summed E-state index contributed by atoms with van der Waals surface area (Å²) in [5.41, 5.74) is 0.253. The van der Waals surface area contributed by atoms with E-state index in [0.29, 0.717) is 16.2 Å². The van der Waals surface area contributed by atoms with Crippen LogP contribution >= 0.6 is 11.3 Å². The third kappa shape index (κ3) is 2.97. The number of rotatable bonds is 3. The van der Waals surface area contributed by atoms with Gasteiger partial charge in [0.2, 0.25) is 0 Å². The summed E-state index contributed by atoms with van der Waals surface area (Å²) >= 11 is 1.29. The van der Waals surface area contributed by atoms with Crippen molar-refractivity contribution in [1.82, 2.24) is 9.38 Å². The summed E-state index contributed by atoms with van der Waals surface area (Å²) in [6, 6.07) is 11.4. The number of alkyl halides is 3. The van der Waals surface area contributed by atoms with Crippen LogP contribution < -0.4 is 0 Å². The minimum atomic E-state index is -4.49. The average Bonchev–Trinajstić information content (AvgIpc) is 3.23. The number of aromatic carboxylic acids is 1. The number of carboxylic acids is 1. The number of carbonyl (C=O) groups is 1. The lowest BCUT2D eigenvalue weighted by Crippen LogP contribution is -2.06. The van der Waals surface area contributed by atoms with Crippen molar-refractivity contribution in [1.29, 1.82) is 0 Å². The van der Waals surface area contributed by atoms with Crippen LogP contribution in [0.15, 0.2) is 60.1 Å². The maximum Gasteiger partial charge on any atom is 0.417 e. The minimum Gasteiger partial charge on any atom is -0.478 e. The molecular formula is C19H11F3N2O2S. The Hall–Kier alpha value is -3.13. The van der Waals surface area contributed by atoms with Crippen LogP contribution in [0.1, 0.15) is 15.9 Å². The zero-order valence-corrected chi connectivity index (χ0v) is 14.4. The van der Waals surface area contributed by atoms with E-state index in [1.54, 1.807) is 34.2 Å². The molecule has 136 valence electrons. The number of halogens is 3. The third-order valence-electron chi connectivity index (χ3n) is 4.13. The molecule has 1 N–H and O–H groups in total. The van der Waals surface area contributed by atoms with Crippen LogP contribution in [-0.4, -0.2) is 20.5 Å². The molecule has 0 bridgehead atoms. The average molecular weight is 388 g/mol. The van der Waals surface area contributed by atoms with Crippen molar-refractivity contribution in [3.8, 4) is 22.6 Å². The van der Waals surface area contributed by atoms with Crippen molar-refractivity contribution in [2.75, 3.05) is 0 Å². The number of aromatic nitrogens is 2. The molecule has 0 saturated heterocycles. The van der Waals surface area contributed by atoms with E-state index >= 15 is 0 Å². The van der Waals surface area contributed by atoms with Gasteiger partial charge in [-0.2, -0.15) is 13.2 Å². The standard InChI is InChI=1S/C19H11F3N2O2S/c20-19(21,22)14-4-2-1-3-13(14)15-17-24(9-10-27-17)16(23-15)11-5-7-12(8-6-11)18(25)26/h1-10H,(H,25,26). The second-order valence-electron chi connectivity index (χ2n) is 5.79. The fourth-order valence-corrected chi connectivity index (χ4v) is 3.74. The van der Waals surface area contributed by atoms with E-state index in [2.05, 4.69) is 4.98 Å². The van der Waals surface area contributed by atoms with Crippen LogP contribution in [0.3, 0.4) is 0 Å². The predicted octanol–water partition coefficient (Wildman–Crippen LogP) is 5.45. The van der Waals surface area contributed by atoms with Gasteiger partial charge in [0.05, 0.1) is 11.1 Å². The minimum absolute atomic E-state index is 0.0124. The van der Waals surface area contributed by atoms with Crippen molar-refractivity contribution < 1.29 is 23.1 Å². The zero-order chi connectivity index (χ0) is 19.2. The van der Waals surface area contributed by atoms with E-state index in [1.807, 2.05) is 0 Å². The number of carboxylic acid groups (broad SMARTS) is 1. The Kier molecular flexibility index (Phi) is 4.00. The summed E-state index contributed by atoms with van der Waals surface area (Å²) < 4.78 is 42.0. The van der Waals surface area contributed by atoms with Gasteiger partial charge in [-0.25, -0.2) is 9.78 Å². The lowest BCUT2D eigenvalue weighted by Gasteiger charge is -2.10. The number of fused-ring (bicyclic) bond motifs is 1. The highest BCUT2D eigenvalue weighted by molar-refractivity contribution is 7.16. The number of thiazole rings is 1. The molecule has 4 rings (SSSR count). The summed E-state index contributed by atoms with van der Waals surface area (Å²) in [5, 5.41) is 10.8. The molecule has 2 heterocycles. The molecule has 4 aromatic rings. The summed E-state index contributed by atoms with van der Waals surface area (Å²) in [6.45, 7) is 0. The summed E-state index contributed by atoms with van der Waals surface area (Å²) in [5.74, 6) is -0.597. The van der Waals surface area contributed by atoms with Crippen LogP contribution in [0.2, 0.25) is 0 Å². The second-order valence-corrected chi connectivity index (χ2v) is 6.68. The van der Waals surface area contributed by atoms with Gasteiger partial charge in [-0.3, -0.25) is 4.40 Å². The number of hydrogen-bond donors (Lipinski definition) is 1. The molecule has 4 nitrogen and oxygen atoms in total.